The monoisotopic (exact) mass is 282 g/mol. The molecule has 1 aromatic rings. The quantitative estimate of drug-likeness (QED) is 0.777. The van der Waals surface area contributed by atoms with Gasteiger partial charge in [0.25, 0.3) is 0 Å². The van der Waals surface area contributed by atoms with E-state index in [1.807, 2.05) is 6.92 Å². The second kappa shape index (κ2) is 5.09. The number of hydrogen-bond acceptors (Lipinski definition) is 6. The number of aryl methyl sites for hydroxylation is 1. The molecule has 2 atom stereocenters. The number of esters is 1. The van der Waals surface area contributed by atoms with Crippen LogP contribution in [0.1, 0.15) is 34.6 Å². The average molecular weight is 282 g/mol. The third-order valence-corrected chi connectivity index (χ3v) is 5.06. The fourth-order valence-corrected chi connectivity index (χ4v) is 4.02. The van der Waals surface area contributed by atoms with Crippen molar-refractivity contribution in [2.24, 2.45) is 0 Å². The zero-order valence-corrected chi connectivity index (χ0v) is 12.0. The first-order valence-electron chi connectivity index (χ1n) is 6.64. The Morgan fingerprint density at radius 3 is 3.16 bits per heavy atom. The van der Waals surface area contributed by atoms with Crippen molar-refractivity contribution in [2.75, 3.05) is 25.2 Å². The Bertz CT molecular complexity index is 488. The molecule has 104 valence electrons. The maximum atomic E-state index is 11.7. The molecular formula is C13H18N2O3S. The average Bonchev–Trinajstić information content (AvgIpc) is 3.03. The predicted molar refractivity (Wildman–Crippen MR) is 72.9 cm³/mol. The summed E-state index contributed by atoms with van der Waals surface area (Å²) in [5.74, 6) is -0.294. The van der Waals surface area contributed by atoms with E-state index in [4.69, 9.17) is 9.47 Å². The minimum atomic E-state index is -0.294. The maximum absolute atomic E-state index is 11.7. The molecule has 1 saturated heterocycles. The van der Waals surface area contributed by atoms with Crippen LogP contribution < -0.4 is 4.90 Å². The van der Waals surface area contributed by atoms with Crippen LogP contribution in [0, 0.1) is 6.92 Å². The maximum Gasteiger partial charge on any atom is 0.350 e. The first kappa shape index (κ1) is 12.9. The second-order valence-electron chi connectivity index (χ2n) is 5.00. The third-order valence-electron chi connectivity index (χ3n) is 3.88. The number of hydrogen-bond donors (Lipinski definition) is 0. The Kier molecular flexibility index (Phi) is 3.45. The van der Waals surface area contributed by atoms with Gasteiger partial charge in [-0.15, -0.1) is 0 Å². The molecule has 0 radical (unpaired) electrons. The Morgan fingerprint density at radius 1 is 1.53 bits per heavy atom. The zero-order valence-electron chi connectivity index (χ0n) is 11.2. The summed E-state index contributed by atoms with van der Waals surface area (Å²) in [6.45, 7) is 3.46. The molecule has 0 bridgehead atoms. The van der Waals surface area contributed by atoms with Crippen molar-refractivity contribution in [3.8, 4) is 0 Å². The molecule has 1 aromatic heterocycles. The summed E-state index contributed by atoms with van der Waals surface area (Å²) in [5.41, 5.74) is 0.757. The normalized spacial score (nSPS) is 26.3. The second-order valence-corrected chi connectivity index (χ2v) is 5.98. The van der Waals surface area contributed by atoms with Crippen LogP contribution in [0.4, 0.5) is 5.13 Å². The van der Waals surface area contributed by atoms with Crippen LogP contribution in [-0.2, 0) is 9.47 Å². The van der Waals surface area contributed by atoms with Crippen molar-refractivity contribution >= 4 is 22.4 Å². The standard InChI is InChI=1S/C13H18N2O3S/c1-8-11(12(16)17-2)19-13(14-8)15-6-7-18-10-5-3-4-9(10)15/h9-10H,3-7H2,1-2H3. The SMILES string of the molecule is COC(=O)c1sc(N2CCOC3CCCC32)nc1C. The number of methoxy groups -OCH3 is 1. The molecule has 0 amide bonds. The van der Waals surface area contributed by atoms with Crippen molar-refractivity contribution in [1.82, 2.24) is 4.98 Å². The molecule has 3 rings (SSSR count). The molecule has 6 heteroatoms. The highest BCUT2D eigenvalue weighted by atomic mass is 32.1. The van der Waals surface area contributed by atoms with E-state index in [1.54, 1.807) is 0 Å². The lowest BCUT2D eigenvalue weighted by atomic mass is 10.1. The number of ether oxygens (including phenoxy) is 2. The molecule has 0 aromatic carbocycles. The van der Waals surface area contributed by atoms with Crippen molar-refractivity contribution < 1.29 is 14.3 Å². The van der Waals surface area contributed by atoms with Gasteiger partial charge in [0.15, 0.2) is 5.13 Å². The fraction of sp³-hybridized carbons (Fsp3) is 0.692. The number of morpholine rings is 1. The van der Waals surface area contributed by atoms with E-state index >= 15 is 0 Å². The summed E-state index contributed by atoms with van der Waals surface area (Å²) >= 11 is 1.43. The van der Waals surface area contributed by atoms with E-state index in [-0.39, 0.29) is 5.97 Å². The van der Waals surface area contributed by atoms with Gasteiger partial charge in [-0.25, -0.2) is 9.78 Å². The number of carbonyl (C=O) groups is 1. The molecule has 2 fully saturated rings. The smallest absolute Gasteiger partial charge is 0.350 e. The van der Waals surface area contributed by atoms with Crippen LogP contribution in [0.25, 0.3) is 0 Å². The molecule has 1 saturated carbocycles. The van der Waals surface area contributed by atoms with E-state index in [9.17, 15) is 4.79 Å². The molecule has 19 heavy (non-hydrogen) atoms. The van der Waals surface area contributed by atoms with Gasteiger partial charge in [0, 0.05) is 6.54 Å². The van der Waals surface area contributed by atoms with Crippen LogP contribution in [-0.4, -0.2) is 43.4 Å². The minimum absolute atomic E-state index is 0.294. The van der Waals surface area contributed by atoms with Crippen molar-refractivity contribution in [2.45, 2.75) is 38.3 Å². The predicted octanol–water partition coefficient (Wildman–Crippen LogP) is 2.00. The van der Waals surface area contributed by atoms with Crippen molar-refractivity contribution in [3.63, 3.8) is 0 Å². The molecule has 2 heterocycles. The van der Waals surface area contributed by atoms with Gasteiger partial charge in [-0.3, -0.25) is 0 Å². The van der Waals surface area contributed by atoms with Crippen LogP contribution in [0.15, 0.2) is 0 Å². The molecule has 5 nitrogen and oxygen atoms in total. The van der Waals surface area contributed by atoms with E-state index in [0.717, 1.165) is 36.8 Å². The van der Waals surface area contributed by atoms with Gasteiger partial charge in [-0.05, 0) is 26.2 Å². The lowest BCUT2D eigenvalue weighted by Crippen LogP contribution is -2.48. The van der Waals surface area contributed by atoms with Crippen molar-refractivity contribution in [1.29, 1.82) is 0 Å². The zero-order chi connectivity index (χ0) is 13.4. The van der Waals surface area contributed by atoms with Crippen LogP contribution >= 0.6 is 11.3 Å². The number of aromatic nitrogens is 1. The largest absolute Gasteiger partial charge is 0.465 e. The van der Waals surface area contributed by atoms with E-state index in [1.165, 1.54) is 24.9 Å². The summed E-state index contributed by atoms with van der Waals surface area (Å²) in [5, 5.41) is 0.929. The number of thiazole rings is 1. The van der Waals surface area contributed by atoms with Gasteiger partial charge in [-0.1, -0.05) is 11.3 Å². The minimum Gasteiger partial charge on any atom is -0.465 e. The number of anilines is 1. The first-order valence-corrected chi connectivity index (χ1v) is 7.46. The van der Waals surface area contributed by atoms with E-state index < -0.39 is 0 Å². The Morgan fingerprint density at radius 2 is 2.37 bits per heavy atom. The van der Waals surface area contributed by atoms with Gasteiger partial charge in [0.1, 0.15) is 4.88 Å². The van der Waals surface area contributed by atoms with Gasteiger partial charge >= 0.3 is 5.97 Å². The van der Waals surface area contributed by atoms with Crippen LogP contribution in [0.3, 0.4) is 0 Å². The summed E-state index contributed by atoms with van der Waals surface area (Å²) < 4.78 is 10.6. The Labute approximate surface area is 116 Å². The number of nitrogens with zero attached hydrogens (tertiary/aromatic N) is 2. The van der Waals surface area contributed by atoms with Gasteiger partial charge in [0.05, 0.1) is 31.6 Å². The molecule has 1 aliphatic carbocycles. The van der Waals surface area contributed by atoms with E-state index in [0.29, 0.717) is 17.0 Å². The first-order chi connectivity index (χ1) is 9.20. The molecule has 2 aliphatic rings. The lowest BCUT2D eigenvalue weighted by Gasteiger charge is -2.37. The highest BCUT2D eigenvalue weighted by Gasteiger charge is 2.37. The summed E-state index contributed by atoms with van der Waals surface area (Å²) in [4.78, 5) is 19.1. The van der Waals surface area contributed by atoms with Gasteiger partial charge < -0.3 is 14.4 Å². The fourth-order valence-electron chi connectivity index (χ4n) is 2.95. The highest BCUT2D eigenvalue weighted by molar-refractivity contribution is 7.17. The van der Waals surface area contributed by atoms with Crippen LogP contribution in [0.2, 0.25) is 0 Å². The summed E-state index contributed by atoms with van der Waals surface area (Å²) in [6.07, 6.45) is 3.83. The summed E-state index contributed by atoms with van der Waals surface area (Å²) in [6, 6.07) is 0.421. The number of rotatable bonds is 2. The van der Waals surface area contributed by atoms with E-state index in [2.05, 4.69) is 9.88 Å². The Balaban J connectivity index is 1.87. The number of carbonyl (C=O) groups excluding carboxylic acids is 1. The van der Waals surface area contributed by atoms with Gasteiger partial charge in [-0.2, -0.15) is 0 Å². The molecule has 1 aliphatic heterocycles. The number of fused-ring (bicyclic) bond motifs is 1. The topological polar surface area (TPSA) is 51.7 Å². The molecule has 2 unspecified atom stereocenters. The van der Waals surface area contributed by atoms with Gasteiger partial charge in [0.2, 0.25) is 0 Å². The third kappa shape index (κ3) is 2.23. The summed E-state index contributed by atoms with van der Waals surface area (Å²) in [7, 11) is 1.41. The molecule has 0 N–H and O–H groups in total. The lowest BCUT2D eigenvalue weighted by molar-refractivity contribution is 0.0256. The highest BCUT2D eigenvalue weighted by Crippen LogP contribution is 2.36. The van der Waals surface area contributed by atoms with Crippen molar-refractivity contribution in [3.05, 3.63) is 10.6 Å². The Hall–Kier alpha value is -1.14. The van der Waals surface area contributed by atoms with Crippen LogP contribution in [0.5, 0.6) is 0 Å². The molecular weight excluding hydrogens is 264 g/mol. The molecule has 0 spiro atoms.